The average molecular weight is 374 g/mol. The van der Waals surface area contributed by atoms with Crippen molar-refractivity contribution < 1.29 is 8.42 Å². The summed E-state index contributed by atoms with van der Waals surface area (Å²) in [6.45, 7) is 6.79. The van der Waals surface area contributed by atoms with Crippen LogP contribution in [-0.2, 0) is 10.0 Å². The van der Waals surface area contributed by atoms with Crippen LogP contribution in [0.3, 0.4) is 0 Å². The number of hydrogen-bond donors (Lipinski definition) is 0. The lowest BCUT2D eigenvalue weighted by Crippen LogP contribution is -2.45. The molecule has 5 nitrogen and oxygen atoms in total. The molecular formula is C20H27N3O2S. The quantitative estimate of drug-likeness (QED) is 0.808. The van der Waals surface area contributed by atoms with E-state index in [0.717, 1.165) is 35.6 Å². The molecule has 1 heterocycles. The minimum Gasteiger partial charge on any atom is -0.367 e. The highest BCUT2D eigenvalue weighted by molar-refractivity contribution is 7.93. The first-order valence-corrected chi connectivity index (χ1v) is 10.3. The van der Waals surface area contributed by atoms with Crippen LogP contribution in [0, 0.1) is 13.8 Å². The molecule has 140 valence electrons. The molecule has 0 fully saturated rings. The van der Waals surface area contributed by atoms with Crippen molar-refractivity contribution in [2.45, 2.75) is 18.7 Å². The van der Waals surface area contributed by atoms with Gasteiger partial charge in [-0.25, -0.2) is 8.42 Å². The molecule has 6 heteroatoms. The second kappa shape index (κ2) is 7.29. The van der Waals surface area contributed by atoms with Crippen LogP contribution in [0.4, 0.5) is 11.4 Å². The number of aryl methyl sites for hydroxylation is 2. The summed E-state index contributed by atoms with van der Waals surface area (Å²) < 4.78 is 28.3. The van der Waals surface area contributed by atoms with Gasteiger partial charge >= 0.3 is 0 Å². The summed E-state index contributed by atoms with van der Waals surface area (Å²) in [6, 6.07) is 13.3. The number of likely N-dealkylation sites (N-methyl/N-ethyl adjacent to an activating group) is 1. The molecule has 0 saturated carbocycles. The van der Waals surface area contributed by atoms with Crippen molar-refractivity contribution >= 4 is 21.4 Å². The number of hydrogen-bond acceptors (Lipinski definition) is 4. The predicted octanol–water partition coefficient (Wildman–Crippen LogP) is 2.88. The topological polar surface area (TPSA) is 43.9 Å². The summed E-state index contributed by atoms with van der Waals surface area (Å²) >= 11 is 0. The Balaban J connectivity index is 1.99. The van der Waals surface area contributed by atoms with E-state index in [2.05, 4.69) is 9.80 Å². The van der Waals surface area contributed by atoms with Crippen molar-refractivity contribution in [1.82, 2.24) is 4.90 Å². The molecule has 0 unspecified atom stereocenters. The van der Waals surface area contributed by atoms with Crippen LogP contribution in [0.15, 0.2) is 47.4 Å². The monoisotopic (exact) mass is 373 g/mol. The fraction of sp³-hybridized carbons (Fsp3) is 0.400. The molecular weight excluding hydrogens is 346 g/mol. The standard InChI is InChI=1S/C20H27N3O2S/c1-16-9-10-20(17(2)15-16)26(24,25)23-14-13-22(12-11-21(3)4)18-7-5-6-8-19(18)23/h5-10,15H,11-14H2,1-4H3. The van der Waals surface area contributed by atoms with E-state index in [9.17, 15) is 8.42 Å². The molecule has 3 rings (SSSR count). The van der Waals surface area contributed by atoms with Crippen molar-refractivity contribution in [3.8, 4) is 0 Å². The fourth-order valence-electron chi connectivity index (χ4n) is 3.40. The Labute approximate surface area is 156 Å². The number of benzene rings is 2. The molecule has 0 radical (unpaired) electrons. The third-order valence-electron chi connectivity index (χ3n) is 4.78. The number of rotatable bonds is 5. The van der Waals surface area contributed by atoms with E-state index < -0.39 is 10.0 Å². The molecule has 26 heavy (non-hydrogen) atoms. The van der Waals surface area contributed by atoms with Gasteiger partial charge in [-0.3, -0.25) is 4.31 Å². The second-order valence-corrected chi connectivity index (χ2v) is 8.96. The maximum absolute atomic E-state index is 13.4. The highest BCUT2D eigenvalue weighted by Crippen LogP contribution is 2.36. The van der Waals surface area contributed by atoms with Crippen molar-refractivity contribution in [3.05, 3.63) is 53.6 Å². The molecule has 0 atom stereocenters. The molecule has 0 bridgehead atoms. The van der Waals surface area contributed by atoms with E-state index in [1.165, 1.54) is 0 Å². The Hall–Kier alpha value is -2.05. The Morgan fingerprint density at radius 2 is 1.69 bits per heavy atom. The van der Waals surface area contributed by atoms with Gasteiger partial charge in [-0.15, -0.1) is 0 Å². The summed E-state index contributed by atoms with van der Waals surface area (Å²) in [4.78, 5) is 4.80. The molecule has 0 saturated heterocycles. The summed E-state index contributed by atoms with van der Waals surface area (Å²) in [5.74, 6) is 0. The lowest BCUT2D eigenvalue weighted by atomic mass is 10.2. The van der Waals surface area contributed by atoms with E-state index in [1.54, 1.807) is 10.4 Å². The third-order valence-corrected chi connectivity index (χ3v) is 6.75. The van der Waals surface area contributed by atoms with Crippen LogP contribution >= 0.6 is 0 Å². The largest absolute Gasteiger partial charge is 0.367 e. The molecule has 0 amide bonds. The summed E-state index contributed by atoms with van der Waals surface area (Å²) in [6.07, 6.45) is 0. The van der Waals surface area contributed by atoms with Crippen LogP contribution in [0.1, 0.15) is 11.1 Å². The van der Waals surface area contributed by atoms with Gasteiger partial charge in [-0.05, 0) is 51.7 Å². The number of anilines is 2. The smallest absolute Gasteiger partial charge is 0.264 e. The number of sulfonamides is 1. The maximum Gasteiger partial charge on any atom is 0.264 e. The van der Waals surface area contributed by atoms with Gasteiger partial charge < -0.3 is 9.80 Å². The Morgan fingerprint density at radius 3 is 2.35 bits per heavy atom. The van der Waals surface area contributed by atoms with Crippen molar-refractivity contribution in [2.24, 2.45) is 0 Å². The van der Waals surface area contributed by atoms with E-state index in [4.69, 9.17) is 0 Å². The van der Waals surface area contributed by atoms with Crippen LogP contribution in [-0.4, -0.2) is 53.6 Å². The summed E-state index contributed by atoms with van der Waals surface area (Å²) in [5.41, 5.74) is 3.60. The lowest BCUT2D eigenvalue weighted by Gasteiger charge is -2.38. The minimum atomic E-state index is -3.58. The van der Waals surface area contributed by atoms with Gasteiger partial charge in [0.05, 0.1) is 22.8 Å². The molecule has 2 aromatic rings. The van der Waals surface area contributed by atoms with Gasteiger partial charge in [-0.2, -0.15) is 0 Å². The molecule has 1 aliphatic heterocycles. The van der Waals surface area contributed by atoms with Crippen LogP contribution in [0.5, 0.6) is 0 Å². The number of para-hydroxylation sites is 2. The molecule has 0 aliphatic carbocycles. The van der Waals surface area contributed by atoms with Crippen LogP contribution in [0.25, 0.3) is 0 Å². The molecule has 0 aromatic heterocycles. The second-order valence-electron chi connectivity index (χ2n) is 7.13. The normalized spacial score (nSPS) is 14.7. The van der Waals surface area contributed by atoms with Gasteiger partial charge in [0.15, 0.2) is 0 Å². The molecule has 1 aliphatic rings. The zero-order valence-corrected chi connectivity index (χ0v) is 16.8. The first kappa shape index (κ1) is 18.7. The number of nitrogens with zero attached hydrogens (tertiary/aromatic N) is 3. The van der Waals surface area contributed by atoms with Crippen LogP contribution in [0.2, 0.25) is 0 Å². The lowest BCUT2D eigenvalue weighted by molar-refractivity contribution is 0.413. The Kier molecular flexibility index (Phi) is 5.25. The molecule has 0 spiro atoms. The third kappa shape index (κ3) is 3.57. The predicted molar refractivity (Wildman–Crippen MR) is 108 cm³/mol. The van der Waals surface area contributed by atoms with Crippen molar-refractivity contribution in [1.29, 1.82) is 0 Å². The first-order chi connectivity index (χ1) is 12.3. The number of fused-ring (bicyclic) bond motifs is 1. The van der Waals surface area contributed by atoms with Gasteiger partial charge in [0, 0.05) is 19.6 Å². The van der Waals surface area contributed by atoms with Crippen LogP contribution < -0.4 is 9.21 Å². The SMILES string of the molecule is Cc1ccc(S(=O)(=O)N2CCN(CCN(C)C)c3ccccc32)c(C)c1. The van der Waals surface area contributed by atoms with Gasteiger partial charge in [0.2, 0.25) is 0 Å². The fourth-order valence-corrected chi connectivity index (χ4v) is 5.08. The average Bonchev–Trinajstić information content (AvgIpc) is 2.59. The van der Waals surface area contributed by atoms with Crippen molar-refractivity contribution in [2.75, 3.05) is 49.5 Å². The minimum absolute atomic E-state index is 0.389. The van der Waals surface area contributed by atoms with E-state index >= 15 is 0 Å². The summed E-state index contributed by atoms with van der Waals surface area (Å²) in [5, 5.41) is 0. The van der Waals surface area contributed by atoms with Gasteiger partial charge in [0.25, 0.3) is 10.0 Å². The van der Waals surface area contributed by atoms with E-state index in [1.807, 2.05) is 64.3 Å². The zero-order valence-electron chi connectivity index (χ0n) is 15.9. The van der Waals surface area contributed by atoms with E-state index in [0.29, 0.717) is 18.0 Å². The highest BCUT2D eigenvalue weighted by Gasteiger charge is 2.32. The summed E-state index contributed by atoms with van der Waals surface area (Å²) in [7, 11) is 0.515. The van der Waals surface area contributed by atoms with Crippen molar-refractivity contribution in [3.63, 3.8) is 0 Å². The van der Waals surface area contributed by atoms with Gasteiger partial charge in [0.1, 0.15) is 0 Å². The molecule has 0 N–H and O–H groups in total. The Bertz CT molecular complexity index is 894. The molecule has 2 aromatic carbocycles. The Morgan fingerprint density at radius 1 is 1.00 bits per heavy atom. The highest BCUT2D eigenvalue weighted by atomic mass is 32.2. The zero-order chi connectivity index (χ0) is 18.9. The van der Waals surface area contributed by atoms with E-state index in [-0.39, 0.29) is 0 Å². The van der Waals surface area contributed by atoms with Gasteiger partial charge in [-0.1, -0.05) is 29.8 Å². The maximum atomic E-state index is 13.4. The first-order valence-electron chi connectivity index (χ1n) is 8.89.